The molecule has 0 bridgehead atoms. The average Bonchev–Trinajstić information content (AvgIpc) is 2.77. The number of carbonyl (C=O) groups excluding carboxylic acids is 2. The number of nitrogens with zero attached hydrogens (tertiary/aromatic N) is 1. The maximum Gasteiger partial charge on any atom is 0.261 e. The Labute approximate surface area is 188 Å². The zero-order valence-electron chi connectivity index (χ0n) is 18.3. The predicted octanol–water partition coefficient (Wildman–Crippen LogP) is 2.00. The van der Waals surface area contributed by atoms with Gasteiger partial charge in [-0.2, -0.15) is 0 Å². The standard InChI is InChI=1S/C22H29N5O4S/c1-3-10-24-22(29)17-4-9-21(27-13-11-23-12-14-27)20(15-17)26-32(30,31)19-7-5-18(6-8-19)25-16(2)28/h4-9,15,23,26H,3,10-14H2,1-2H3,(H,24,29)(H,25,28). The quantitative estimate of drug-likeness (QED) is 0.479. The molecule has 0 aromatic heterocycles. The summed E-state index contributed by atoms with van der Waals surface area (Å²) in [7, 11) is -3.92. The summed E-state index contributed by atoms with van der Waals surface area (Å²) in [6.07, 6.45) is 0.804. The van der Waals surface area contributed by atoms with E-state index in [1.54, 1.807) is 18.2 Å². The van der Waals surface area contributed by atoms with Crippen LogP contribution in [0.15, 0.2) is 47.4 Å². The summed E-state index contributed by atoms with van der Waals surface area (Å²) in [5.74, 6) is -0.489. The van der Waals surface area contributed by atoms with Crippen molar-refractivity contribution in [2.24, 2.45) is 0 Å². The van der Waals surface area contributed by atoms with Gasteiger partial charge in [-0.05, 0) is 48.9 Å². The molecule has 0 radical (unpaired) electrons. The Kier molecular flexibility index (Phi) is 7.70. The van der Waals surface area contributed by atoms with E-state index in [0.29, 0.717) is 23.5 Å². The number of carbonyl (C=O) groups is 2. The number of anilines is 3. The van der Waals surface area contributed by atoms with Gasteiger partial charge in [-0.3, -0.25) is 14.3 Å². The number of amides is 2. The van der Waals surface area contributed by atoms with Crippen LogP contribution in [0, 0.1) is 0 Å². The second-order valence-electron chi connectivity index (χ2n) is 7.54. The largest absolute Gasteiger partial charge is 0.367 e. The van der Waals surface area contributed by atoms with Gasteiger partial charge in [-0.1, -0.05) is 6.92 Å². The smallest absolute Gasteiger partial charge is 0.261 e. The molecule has 1 fully saturated rings. The molecule has 172 valence electrons. The van der Waals surface area contributed by atoms with Crippen molar-refractivity contribution in [3.05, 3.63) is 48.0 Å². The van der Waals surface area contributed by atoms with Crippen molar-refractivity contribution in [1.82, 2.24) is 10.6 Å². The Bertz CT molecular complexity index is 1060. The Morgan fingerprint density at radius 2 is 1.75 bits per heavy atom. The third-order valence-electron chi connectivity index (χ3n) is 4.98. The first-order chi connectivity index (χ1) is 15.3. The fraction of sp³-hybridized carbons (Fsp3) is 0.364. The van der Waals surface area contributed by atoms with Crippen molar-refractivity contribution in [2.75, 3.05) is 47.7 Å². The molecule has 10 heteroatoms. The van der Waals surface area contributed by atoms with E-state index in [-0.39, 0.29) is 16.7 Å². The van der Waals surface area contributed by atoms with E-state index in [2.05, 4.69) is 25.6 Å². The Morgan fingerprint density at radius 1 is 1.06 bits per heavy atom. The van der Waals surface area contributed by atoms with Crippen molar-refractivity contribution >= 4 is 38.9 Å². The summed E-state index contributed by atoms with van der Waals surface area (Å²) in [4.78, 5) is 25.8. The SMILES string of the molecule is CCCNC(=O)c1ccc(N2CCNCC2)c(NS(=O)(=O)c2ccc(NC(C)=O)cc2)c1. The molecule has 0 aliphatic carbocycles. The molecule has 0 unspecified atom stereocenters. The molecule has 4 N–H and O–H groups in total. The summed E-state index contributed by atoms with van der Waals surface area (Å²) in [5.41, 5.74) is 1.96. The topological polar surface area (TPSA) is 120 Å². The second kappa shape index (κ2) is 10.5. The third kappa shape index (κ3) is 5.98. The molecule has 0 atom stereocenters. The average molecular weight is 460 g/mol. The van der Waals surface area contributed by atoms with Crippen molar-refractivity contribution < 1.29 is 18.0 Å². The molecule has 3 rings (SSSR count). The van der Waals surface area contributed by atoms with Gasteiger partial charge in [0.25, 0.3) is 15.9 Å². The lowest BCUT2D eigenvalue weighted by atomic mass is 10.1. The highest BCUT2D eigenvalue weighted by atomic mass is 32.2. The number of rotatable bonds is 8. The predicted molar refractivity (Wildman–Crippen MR) is 126 cm³/mol. The van der Waals surface area contributed by atoms with Gasteiger partial charge in [0.05, 0.1) is 16.3 Å². The van der Waals surface area contributed by atoms with Crippen LogP contribution in [0.2, 0.25) is 0 Å². The number of hydrogen-bond acceptors (Lipinski definition) is 6. The molecule has 9 nitrogen and oxygen atoms in total. The molecule has 2 amide bonds. The number of sulfonamides is 1. The van der Waals surface area contributed by atoms with Crippen LogP contribution in [-0.4, -0.2) is 53.0 Å². The van der Waals surface area contributed by atoms with Crippen LogP contribution < -0.4 is 25.6 Å². The molecule has 0 saturated carbocycles. The summed E-state index contributed by atoms with van der Waals surface area (Å²) in [6, 6.07) is 11.0. The van der Waals surface area contributed by atoms with E-state index < -0.39 is 10.0 Å². The van der Waals surface area contributed by atoms with E-state index in [9.17, 15) is 18.0 Å². The van der Waals surface area contributed by atoms with E-state index in [4.69, 9.17) is 0 Å². The highest BCUT2D eigenvalue weighted by Crippen LogP contribution is 2.30. The van der Waals surface area contributed by atoms with Gasteiger partial charge < -0.3 is 20.9 Å². The molecule has 1 aliphatic rings. The van der Waals surface area contributed by atoms with Crippen LogP contribution in [0.25, 0.3) is 0 Å². The minimum absolute atomic E-state index is 0.0544. The van der Waals surface area contributed by atoms with Gasteiger partial charge in [-0.15, -0.1) is 0 Å². The van der Waals surface area contributed by atoms with Gasteiger partial charge >= 0.3 is 0 Å². The van der Waals surface area contributed by atoms with E-state index in [1.807, 2.05) is 6.92 Å². The van der Waals surface area contributed by atoms with Crippen LogP contribution in [-0.2, 0) is 14.8 Å². The van der Waals surface area contributed by atoms with Gasteiger partial charge in [-0.25, -0.2) is 8.42 Å². The fourth-order valence-corrected chi connectivity index (χ4v) is 4.47. The minimum atomic E-state index is -3.92. The van der Waals surface area contributed by atoms with Crippen molar-refractivity contribution in [1.29, 1.82) is 0 Å². The molecule has 1 heterocycles. The molecule has 1 aliphatic heterocycles. The molecular weight excluding hydrogens is 430 g/mol. The fourth-order valence-electron chi connectivity index (χ4n) is 3.41. The van der Waals surface area contributed by atoms with Crippen molar-refractivity contribution in [3.63, 3.8) is 0 Å². The molecule has 2 aromatic carbocycles. The second-order valence-corrected chi connectivity index (χ2v) is 9.22. The monoisotopic (exact) mass is 459 g/mol. The van der Waals surface area contributed by atoms with Crippen molar-refractivity contribution in [3.8, 4) is 0 Å². The Hall–Kier alpha value is -3.11. The van der Waals surface area contributed by atoms with Crippen LogP contribution in [0.4, 0.5) is 17.1 Å². The Balaban J connectivity index is 1.91. The highest BCUT2D eigenvalue weighted by Gasteiger charge is 2.21. The van der Waals surface area contributed by atoms with Gasteiger partial charge in [0.15, 0.2) is 0 Å². The van der Waals surface area contributed by atoms with Gasteiger partial charge in [0, 0.05) is 50.9 Å². The summed E-state index contributed by atoms with van der Waals surface area (Å²) in [5, 5.41) is 8.70. The summed E-state index contributed by atoms with van der Waals surface area (Å²) in [6.45, 7) is 6.91. The van der Waals surface area contributed by atoms with Crippen LogP contribution in [0.1, 0.15) is 30.6 Å². The lowest BCUT2D eigenvalue weighted by Gasteiger charge is -2.31. The number of nitrogens with one attached hydrogen (secondary N) is 4. The number of hydrogen-bond donors (Lipinski definition) is 4. The highest BCUT2D eigenvalue weighted by molar-refractivity contribution is 7.92. The van der Waals surface area contributed by atoms with E-state index in [0.717, 1.165) is 38.3 Å². The zero-order chi connectivity index (χ0) is 23.1. The minimum Gasteiger partial charge on any atom is -0.367 e. The number of benzene rings is 2. The van der Waals surface area contributed by atoms with Crippen LogP contribution in [0.5, 0.6) is 0 Å². The first-order valence-corrected chi connectivity index (χ1v) is 12.1. The van der Waals surface area contributed by atoms with Crippen LogP contribution in [0.3, 0.4) is 0 Å². The van der Waals surface area contributed by atoms with Crippen LogP contribution >= 0.6 is 0 Å². The summed E-state index contributed by atoms with van der Waals surface area (Å²) < 4.78 is 28.8. The zero-order valence-corrected chi connectivity index (χ0v) is 19.1. The maximum atomic E-state index is 13.1. The Morgan fingerprint density at radius 3 is 2.38 bits per heavy atom. The van der Waals surface area contributed by atoms with E-state index >= 15 is 0 Å². The number of piperazine rings is 1. The first kappa shape index (κ1) is 23.6. The normalized spacial score (nSPS) is 14.0. The summed E-state index contributed by atoms with van der Waals surface area (Å²) >= 11 is 0. The lowest BCUT2D eigenvalue weighted by molar-refractivity contribution is -0.114. The van der Waals surface area contributed by atoms with Crippen molar-refractivity contribution in [2.45, 2.75) is 25.2 Å². The lowest BCUT2D eigenvalue weighted by Crippen LogP contribution is -2.43. The maximum absolute atomic E-state index is 13.1. The molecule has 0 spiro atoms. The third-order valence-corrected chi connectivity index (χ3v) is 6.36. The van der Waals surface area contributed by atoms with Gasteiger partial charge in [0.1, 0.15) is 0 Å². The molecule has 32 heavy (non-hydrogen) atoms. The molecule has 1 saturated heterocycles. The molecule has 2 aromatic rings. The van der Waals surface area contributed by atoms with Gasteiger partial charge in [0.2, 0.25) is 5.91 Å². The van der Waals surface area contributed by atoms with E-state index in [1.165, 1.54) is 31.2 Å². The first-order valence-electron chi connectivity index (χ1n) is 10.6. The molecular formula is C22H29N5O4S.